The van der Waals surface area contributed by atoms with Crippen LogP contribution in [0.1, 0.15) is 20.3 Å². The van der Waals surface area contributed by atoms with Crippen LogP contribution in [0.25, 0.3) is 0 Å². The van der Waals surface area contributed by atoms with E-state index in [1.54, 1.807) is 0 Å². The van der Waals surface area contributed by atoms with E-state index >= 15 is 0 Å². The van der Waals surface area contributed by atoms with Gasteiger partial charge >= 0.3 is 0 Å². The fraction of sp³-hybridized carbons (Fsp3) is 0.500. The average molecular weight is 272 g/mol. The highest BCUT2D eigenvalue weighted by Gasteiger charge is 2.45. The van der Waals surface area contributed by atoms with E-state index in [9.17, 15) is 12.8 Å². The Hall–Kier alpha value is -1.14. The lowest BCUT2D eigenvalue weighted by Crippen LogP contribution is -2.27. The second-order valence-corrected chi connectivity index (χ2v) is 7.17. The second kappa shape index (κ2) is 4.20. The predicted octanol–water partition coefficient (Wildman–Crippen LogP) is 1.73. The molecule has 2 rings (SSSR count). The first kappa shape index (κ1) is 13.3. The number of halogens is 1. The van der Waals surface area contributed by atoms with E-state index in [1.807, 2.05) is 0 Å². The van der Waals surface area contributed by atoms with Crippen molar-refractivity contribution < 1.29 is 12.8 Å². The summed E-state index contributed by atoms with van der Waals surface area (Å²) < 4.78 is 39.8. The molecule has 1 saturated carbocycles. The number of sulfonamides is 1. The van der Waals surface area contributed by atoms with Gasteiger partial charge in [-0.3, -0.25) is 0 Å². The van der Waals surface area contributed by atoms with Crippen molar-refractivity contribution in [3.05, 3.63) is 24.0 Å². The topological polar surface area (TPSA) is 72.2 Å². The Balaban J connectivity index is 2.13. The van der Waals surface area contributed by atoms with Crippen LogP contribution in [0.4, 0.5) is 10.1 Å². The summed E-state index contributed by atoms with van der Waals surface area (Å²) in [4.78, 5) is -0.388. The van der Waals surface area contributed by atoms with Crippen LogP contribution in [0.5, 0.6) is 0 Å². The molecule has 1 aliphatic carbocycles. The van der Waals surface area contributed by atoms with Gasteiger partial charge in [0.2, 0.25) is 10.0 Å². The molecular weight excluding hydrogens is 255 g/mol. The molecule has 1 atom stereocenters. The number of nitrogens with two attached hydrogens (primary N) is 1. The van der Waals surface area contributed by atoms with Crippen LogP contribution < -0.4 is 10.5 Å². The Morgan fingerprint density at radius 3 is 2.67 bits per heavy atom. The van der Waals surface area contributed by atoms with Crippen molar-refractivity contribution in [1.82, 2.24) is 4.72 Å². The van der Waals surface area contributed by atoms with Gasteiger partial charge < -0.3 is 5.73 Å². The Kier molecular flexibility index (Phi) is 3.11. The number of hydrogen-bond acceptors (Lipinski definition) is 3. The highest BCUT2D eigenvalue weighted by atomic mass is 32.2. The molecule has 0 spiro atoms. The van der Waals surface area contributed by atoms with Crippen molar-refractivity contribution in [2.75, 3.05) is 12.3 Å². The lowest BCUT2D eigenvalue weighted by molar-refractivity contribution is 0.530. The molecule has 6 heteroatoms. The zero-order valence-electron chi connectivity index (χ0n) is 10.4. The van der Waals surface area contributed by atoms with Gasteiger partial charge in [0, 0.05) is 12.2 Å². The van der Waals surface area contributed by atoms with Gasteiger partial charge in [-0.15, -0.1) is 0 Å². The Morgan fingerprint density at radius 1 is 1.50 bits per heavy atom. The first-order valence-electron chi connectivity index (χ1n) is 5.77. The van der Waals surface area contributed by atoms with Crippen LogP contribution in [0, 0.1) is 17.2 Å². The molecule has 18 heavy (non-hydrogen) atoms. The summed E-state index contributed by atoms with van der Waals surface area (Å²) in [6.45, 7) is 4.49. The molecule has 0 heterocycles. The highest BCUT2D eigenvalue weighted by molar-refractivity contribution is 7.89. The van der Waals surface area contributed by atoms with E-state index in [1.165, 1.54) is 6.07 Å². The van der Waals surface area contributed by atoms with E-state index in [4.69, 9.17) is 5.73 Å². The first-order chi connectivity index (χ1) is 8.22. The van der Waals surface area contributed by atoms with Crippen molar-refractivity contribution in [1.29, 1.82) is 0 Å². The number of hydrogen-bond donors (Lipinski definition) is 2. The molecular formula is C12H17FN2O2S. The van der Waals surface area contributed by atoms with Gasteiger partial charge in [0.25, 0.3) is 0 Å². The van der Waals surface area contributed by atoms with Gasteiger partial charge in [-0.05, 0) is 36.0 Å². The SMILES string of the molecule is CC1(C)CC1CNS(=O)(=O)c1cc(N)ccc1F. The minimum Gasteiger partial charge on any atom is -0.399 e. The minimum absolute atomic E-state index is 0.177. The first-order valence-corrected chi connectivity index (χ1v) is 7.25. The van der Waals surface area contributed by atoms with Crippen molar-refractivity contribution in [3.63, 3.8) is 0 Å². The summed E-state index contributed by atoms with van der Waals surface area (Å²) in [5, 5.41) is 0. The van der Waals surface area contributed by atoms with Crippen LogP contribution in [0.15, 0.2) is 23.1 Å². The number of benzene rings is 1. The van der Waals surface area contributed by atoms with E-state index < -0.39 is 15.8 Å². The lowest BCUT2D eigenvalue weighted by atomic mass is 10.1. The molecule has 3 N–H and O–H groups in total. The van der Waals surface area contributed by atoms with Gasteiger partial charge in [-0.2, -0.15) is 0 Å². The number of rotatable bonds is 4. The lowest BCUT2D eigenvalue weighted by Gasteiger charge is -2.09. The van der Waals surface area contributed by atoms with Crippen LogP contribution in [-0.4, -0.2) is 15.0 Å². The zero-order valence-corrected chi connectivity index (χ0v) is 11.2. The van der Waals surface area contributed by atoms with Crippen molar-refractivity contribution in [2.45, 2.75) is 25.2 Å². The molecule has 1 aromatic carbocycles. The summed E-state index contributed by atoms with van der Waals surface area (Å²) in [7, 11) is -3.82. The Bertz CT molecular complexity index is 569. The molecule has 4 nitrogen and oxygen atoms in total. The maximum absolute atomic E-state index is 13.5. The fourth-order valence-corrected chi connectivity index (χ4v) is 3.13. The van der Waals surface area contributed by atoms with Gasteiger partial charge in [0.05, 0.1) is 0 Å². The van der Waals surface area contributed by atoms with Crippen LogP contribution in [-0.2, 0) is 10.0 Å². The number of nitrogens with one attached hydrogen (secondary N) is 1. The highest BCUT2D eigenvalue weighted by Crippen LogP contribution is 2.51. The molecule has 0 bridgehead atoms. The van der Waals surface area contributed by atoms with Crippen molar-refractivity contribution in [3.8, 4) is 0 Å². The summed E-state index contributed by atoms with van der Waals surface area (Å²) in [6.07, 6.45) is 0.981. The monoisotopic (exact) mass is 272 g/mol. The minimum atomic E-state index is -3.82. The predicted molar refractivity (Wildman–Crippen MR) is 67.9 cm³/mol. The number of nitrogen functional groups attached to an aromatic ring is 1. The van der Waals surface area contributed by atoms with Gasteiger partial charge in [0.15, 0.2) is 0 Å². The van der Waals surface area contributed by atoms with Crippen molar-refractivity contribution in [2.24, 2.45) is 11.3 Å². The summed E-state index contributed by atoms with van der Waals surface area (Å²) in [5.41, 5.74) is 5.88. The van der Waals surface area contributed by atoms with Gasteiger partial charge in [0.1, 0.15) is 10.7 Å². The van der Waals surface area contributed by atoms with Crippen LogP contribution >= 0.6 is 0 Å². The Morgan fingerprint density at radius 2 is 2.11 bits per heavy atom. The molecule has 0 aliphatic heterocycles. The maximum atomic E-state index is 13.5. The molecule has 1 unspecified atom stereocenters. The van der Waals surface area contributed by atoms with Crippen LogP contribution in [0.3, 0.4) is 0 Å². The molecule has 1 fully saturated rings. The third-order valence-corrected chi connectivity index (χ3v) is 4.92. The molecule has 0 radical (unpaired) electrons. The normalized spacial score (nSPS) is 21.8. The van der Waals surface area contributed by atoms with E-state index in [-0.39, 0.29) is 16.0 Å². The molecule has 0 saturated heterocycles. The molecule has 1 aliphatic rings. The molecule has 100 valence electrons. The van der Waals surface area contributed by atoms with E-state index in [0.29, 0.717) is 12.5 Å². The quantitative estimate of drug-likeness (QED) is 0.820. The summed E-state index contributed by atoms with van der Waals surface area (Å²) in [6, 6.07) is 3.53. The zero-order chi connectivity index (χ0) is 13.6. The van der Waals surface area contributed by atoms with E-state index in [0.717, 1.165) is 18.6 Å². The smallest absolute Gasteiger partial charge is 0.243 e. The molecule has 0 amide bonds. The second-order valence-electron chi connectivity index (χ2n) is 5.43. The summed E-state index contributed by atoms with van der Waals surface area (Å²) >= 11 is 0. The third kappa shape index (κ3) is 2.64. The number of anilines is 1. The summed E-state index contributed by atoms with van der Waals surface area (Å²) in [5.74, 6) is -0.469. The van der Waals surface area contributed by atoms with E-state index in [2.05, 4.69) is 18.6 Å². The van der Waals surface area contributed by atoms with Gasteiger partial charge in [-0.1, -0.05) is 13.8 Å². The third-order valence-electron chi connectivity index (χ3n) is 3.48. The van der Waals surface area contributed by atoms with Gasteiger partial charge in [-0.25, -0.2) is 17.5 Å². The fourth-order valence-electron chi connectivity index (χ4n) is 1.94. The molecule has 1 aromatic rings. The largest absolute Gasteiger partial charge is 0.399 e. The molecule has 0 aromatic heterocycles. The van der Waals surface area contributed by atoms with Crippen LogP contribution in [0.2, 0.25) is 0 Å². The Labute approximate surface area is 106 Å². The standard InChI is InChI=1S/C12H17FN2O2S/c1-12(2)6-8(12)7-15-18(16,17)11-5-9(14)3-4-10(11)13/h3-5,8,15H,6-7,14H2,1-2H3. The maximum Gasteiger partial charge on any atom is 0.243 e. The average Bonchev–Trinajstić information content (AvgIpc) is 2.87. The van der Waals surface area contributed by atoms with Crippen molar-refractivity contribution >= 4 is 15.7 Å².